The minimum absolute atomic E-state index is 0.139. The molecule has 0 aromatic carbocycles. The number of hydrogen-bond acceptors (Lipinski definition) is 2. The fourth-order valence-corrected chi connectivity index (χ4v) is 0.881. The Balaban J connectivity index is 4.57. The standard InChI is InChI=1S/C9H15NO2/c1-6(9(2,3)4)7(5-10)8(11)12/h6-7H,1-4H3,(H,11,12). The number of aliphatic carboxylic acids is 1. The van der Waals surface area contributed by atoms with E-state index in [-0.39, 0.29) is 11.3 Å². The molecule has 0 aromatic heterocycles. The molecule has 0 bridgehead atoms. The molecule has 3 nitrogen and oxygen atoms in total. The summed E-state index contributed by atoms with van der Waals surface area (Å²) in [6.45, 7) is 7.60. The van der Waals surface area contributed by atoms with Gasteiger partial charge in [-0.15, -0.1) is 0 Å². The van der Waals surface area contributed by atoms with E-state index in [0.29, 0.717) is 0 Å². The number of nitrogens with zero attached hydrogens (tertiary/aromatic N) is 1. The normalized spacial score (nSPS) is 16.2. The van der Waals surface area contributed by atoms with Crippen molar-refractivity contribution in [1.82, 2.24) is 0 Å². The van der Waals surface area contributed by atoms with Gasteiger partial charge in [-0.05, 0) is 11.3 Å². The topological polar surface area (TPSA) is 61.1 Å². The van der Waals surface area contributed by atoms with Crippen LogP contribution in [0, 0.1) is 28.6 Å². The molecular formula is C9H15NO2. The molecule has 0 aliphatic rings. The first-order valence-corrected chi connectivity index (χ1v) is 3.93. The summed E-state index contributed by atoms with van der Waals surface area (Å²) in [6, 6.07) is 1.81. The van der Waals surface area contributed by atoms with E-state index < -0.39 is 11.9 Å². The molecular weight excluding hydrogens is 154 g/mol. The highest BCUT2D eigenvalue weighted by molar-refractivity contribution is 5.73. The zero-order valence-electron chi connectivity index (χ0n) is 7.96. The number of carbonyl (C=O) groups is 1. The van der Waals surface area contributed by atoms with Crippen LogP contribution in [-0.2, 0) is 4.79 Å². The lowest BCUT2D eigenvalue weighted by atomic mass is 9.75. The summed E-state index contributed by atoms with van der Waals surface area (Å²) in [4.78, 5) is 10.6. The number of rotatable bonds is 2. The van der Waals surface area contributed by atoms with Crippen LogP contribution < -0.4 is 0 Å². The Morgan fingerprint density at radius 2 is 1.92 bits per heavy atom. The van der Waals surface area contributed by atoms with Crippen molar-refractivity contribution in [2.45, 2.75) is 27.7 Å². The van der Waals surface area contributed by atoms with E-state index >= 15 is 0 Å². The smallest absolute Gasteiger partial charge is 0.321 e. The van der Waals surface area contributed by atoms with Crippen molar-refractivity contribution in [3.63, 3.8) is 0 Å². The lowest BCUT2D eigenvalue weighted by Gasteiger charge is -2.28. The van der Waals surface area contributed by atoms with E-state index in [1.54, 1.807) is 6.92 Å². The third-order valence-corrected chi connectivity index (χ3v) is 2.27. The minimum Gasteiger partial charge on any atom is -0.480 e. The first-order valence-electron chi connectivity index (χ1n) is 3.93. The largest absolute Gasteiger partial charge is 0.480 e. The average Bonchev–Trinajstić information content (AvgIpc) is 1.86. The van der Waals surface area contributed by atoms with Crippen molar-refractivity contribution in [3.8, 4) is 6.07 Å². The molecule has 0 saturated heterocycles. The van der Waals surface area contributed by atoms with Gasteiger partial charge in [0, 0.05) is 0 Å². The predicted octanol–water partition coefficient (Wildman–Crippen LogP) is 1.89. The Labute approximate surface area is 73.0 Å². The molecule has 68 valence electrons. The van der Waals surface area contributed by atoms with Crippen LogP contribution in [0.3, 0.4) is 0 Å². The van der Waals surface area contributed by atoms with E-state index in [1.807, 2.05) is 26.8 Å². The van der Waals surface area contributed by atoms with E-state index in [9.17, 15) is 4.79 Å². The van der Waals surface area contributed by atoms with Gasteiger partial charge in [0.2, 0.25) is 0 Å². The van der Waals surface area contributed by atoms with E-state index in [2.05, 4.69) is 0 Å². The summed E-state index contributed by atoms with van der Waals surface area (Å²) in [5, 5.41) is 17.3. The van der Waals surface area contributed by atoms with Crippen LogP contribution in [0.5, 0.6) is 0 Å². The van der Waals surface area contributed by atoms with Crippen molar-refractivity contribution in [3.05, 3.63) is 0 Å². The van der Waals surface area contributed by atoms with E-state index in [4.69, 9.17) is 10.4 Å². The Morgan fingerprint density at radius 3 is 2.00 bits per heavy atom. The first kappa shape index (κ1) is 11.0. The quantitative estimate of drug-likeness (QED) is 0.686. The van der Waals surface area contributed by atoms with Gasteiger partial charge in [-0.2, -0.15) is 5.26 Å². The minimum atomic E-state index is -1.03. The number of hydrogen-bond donors (Lipinski definition) is 1. The second-order valence-electron chi connectivity index (χ2n) is 4.10. The molecule has 0 aliphatic heterocycles. The maximum atomic E-state index is 10.6. The summed E-state index contributed by atoms with van der Waals surface area (Å²) in [5.41, 5.74) is -0.140. The molecule has 0 aromatic rings. The van der Waals surface area contributed by atoms with E-state index in [0.717, 1.165) is 0 Å². The van der Waals surface area contributed by atoms with Crippen molar-refractivity contribution >= 4 is 5.97 Å². The van der Waals surface area contributed by atoms with Gasteiger partial charge >= 0.3 is 5.97 Å². The van der Waals surface area contributed by atoms with Gasteiger partial charge in [-0.1, -0.05) is 27.7 Å². The Morgan fingerprint density at radius 1 is 1.50 bits per heavy atom. The highest BCUT2D eigenvalue weighted by atomic mass is 16.4. The molecule has 0 aliphatic carbocycles. The van der Waals surface area contributed by atoms with Gasteiger partial charge in [0.15, 0.2) is 0 Å². The molecule has 0 amide bonds. The molecule has 0 fully saturated rings. The second kappa shape index (κ2) is 3.57. The van der Waals surface area contributed by atoms with Gasteiger partial charge < -0.3 is 5.11 Å². The van der Waals surface area contributed by atoms with E-state index in [1.165, 1.54) is 0 Å². The fourth-order valence-electron chi connectivity index (χ4n) is 0.881. The maximum Gasteiger partial charge on any atom is 0.321 e. The molecule has 0 rings (SSSR count). The third-order valence-electron chi connectivity index (χ3n) is 2.27. The van der Waals surface area contributed by atoms with Gasteiger partial charge in [-0.3, -0.25) is 4.79 Å². The van der Waals surface area contributed by atoms with Gasteiger partial charge in [0.1, 0.15) is 5.92 Å². The number of carboxylic acid groups (broad SMARTS) is 1. The van der Waals surface area contributed by atoms with Crippen LogP contribution in [-0.4, -0.2) is 11.1 Å². The Bertz CT molecular complexity index is 210. The molecule has 12 heavy (non-hydrogen) atoms. The highest BCUT2D eigenvalue weighted by Gasteiger charge is 2.32. The van der Waals surface area contributed by atoms with Crippen molar-refractivity contribution in [2.75, 3.05) is 0 Å². The Hall–Kier alpha value is -1.04. The monoisotopic (exact) mass is 169 g/mol. The maximum absolute atomic E-state index is 10.6. The molecule has 2 atom stereocenters. The zero-order valence-corrected chi connectivity index (χ0v) is 7.96. The van der Waals surface area contributed by atoms with Crippen molar-refractivity contribution in [2.24, 2.45) is 17.3 Å². The predicted molar refractivity (Wildman–Crippen MR) is 45.4 cm³/mol. The highest BCUT2D eigenvalue weighted by Crippen LogP contribution is 2.31. The fraction of sp³-hybridized carbons (Fsp3) is 0.778. The van der Waals surface area contributed by atoms with Crippen LogP contribution in [0.1, 0.15) is 27.7 Å². The molecule has 3 heteroatoms. The lowest BCUT2D eigenvalue weighted by molar-refractivity contribution is -0.142. The number of carboxylic acids is 1. The molecule has 2 unspecified atom stereocenters. The molecule has 0 radical (unpaired) electrons. The second-order valence-corrected chi connectivity index (χ2v) is 4.10. The summed E-state index contributed by atoms with van der Waals surface area (Å²) >= 11 is 0. The summed E-state index contributed by atoms with van der Waals surface area (Å²) in [5.74, 6) is -2.06. The van der Waals surface area contributed by atoms with Gasteiger partial charge in [0.25, 0.3) is 0 Å². The van der Waals surface area contributed by atoms with Crippen molar-refractivity contribution < 1.29 is 9.90 Å². The SMILES string of the molecule is CC(C(C#N)C(=O)O)C(C)(C)C. The lowest BCUT2D eigenvalue weighted by Crippen LogP contribution is -2.29. The van der Waals surface area contributed by atoms with Crippen LogP contribution in [0.2, 0.25) is 0 Å². The molecule has 0 saturated carbocycles. The third kappa shape index (κ3) is 2.54. The van der Waals surface area contributed by atoms with Crippen LogP contribution >= 0.6 is 0 Å². The zero-order chi connectivity index (χ0) is 9.94. The molecule has 0 heterocycles. The summed E-state index contributed by atoms with van der Waals surface area (Å²) in [6.07, 6.45) is 0. The van der Waals surface area contributed by atoms with Crippen LogP contribution in [0.4, 0.5) is 0 Å². The molecule has 0 spiro atoms. The summed E-state index contributed by atoms with van der Waals surface area (Å²) < 4.78 is 0. The van der Waals surface area contributed by atoms with Crippen LogP contribution in [0.15, 0.2) is 0 Å². The first-order chi connectivity index (χ1) is 5.30. The number of nitriles is 1. The van der Waals surface area contributed by atoms with Gasteiger partial charge in [-0.25, -0.2) is 0 Å². The van der Waals surface area contributed by atoms with Gasteiger partial charge in [0.05, 0.1) is 6.07 Å². The average molecular weight is 169 g/mol. The molecule has 1 N–H and O–H groups in total. The van der Waals surface area contributed by atoms with Crippen molar-refractivity contribution in [1.29, 1.82) is 5.26 Å². The summed E-state index contributed by atoms with van der Waals surface area (Å²) in [7, 11) is 0. The Kier molecular flexibility index (Phi) is 3.26. The van der Waals surface area contributed by atoms with Crippen LogP contribution in [0.25, 0.3) is 0 Å².